The van der Waals surface area contributed by atoms with Gasteiger partial charge < -0.3 is 30.3 Å². The van der Waals surface area contributed by atoms with Gasteiger partial charge in [0.2, 0.25) is 0 Å². The van der Waals surface area contributed by atoms with E-state index in [1.54, 1.807) is 29.2 Å². The van der Waals surface area contributed by atoms with Crippen LogP contribution in [-0.4, -0.2) is 70.9 Å². The second-order valence-electron chi connectivity index (χ2n) is 9.91. The van der Waals surface area contributed by atoms with Crippen LogP contribution >= 0.6 is 0 Å². The Kier molecular flexibility index (Phi) is 11.4. The van der Waals surface area contributed by atoms with E-state index in [4.69, 9.17) is 5.11 Å². The Morgan fingerprint density at radius 3 is 2.05 bits per heavy atom. The van der Waals surface area contributed by atoms with Crippen LogP contribution in [-0.2, 0) is 11.3 Å². The molecule has 9 nitrogen and oxygen atoms in total. The molecule has 3 N–H and O–H groups in total. The summed E-state index contributed by atoms with van der Waals surface area (Å²) < 4.78 is 41.4. The predicted molar refractivity (Wildman–Crippen MR) is 148 cm³/mol. The first-order valence-electron chi connectivity index (χ1n) is 13.8. The van der Waals surface area contributed by atoms with E-state index < -0.39 is 12.3 Å². The summed E-state index contributed by atoms with van der Waals surface area (Å²) in [4.78, 5) is 40.6. The minimum absolute atomic E-state index is 0.0172. The third kappa shape index (κ3) is 9.96. The van der Waals surface area contributed by atoms with Crippen LogP contribution in [0.1, 0.15) is 61.9 Å². The molecule has 0 spiro atoms. The summed E-state index contributed by atoms with van der Waals surface area (Å²) in [5, 5.41) is 14.1. The molecule has 1 fully saturated rings. The van der Waals surface area contributed by atoms with Gasteiger partial charge in [0.25, 0.3) is 5.91 Å². The maximum absolute atomic E-state index is 13.5. The fourth-order valence-electron chi connectivity index (χ4n) is 5.12. The lowest BCUT2D eigenvalue weighted by atomic mass is 9.89. The van der Waals surface area contributed by atoms with Gasteiger partial charge in [-0.2, -0.15) is 0 Å². The van der Waals surface area contributed by atoms with Crippen molar-refractivity contribution in [3.63, 3.8) is 0 Å². The maximum Gasteiger partial charge on any atom is 0.573 e. The van der Waals surface area contributed by atoms with Crippen LogP contribution in [0.15, 0.2) is 48.5 Å². The summed E-state index contributed by atoms with van der Waals surface area (Å²) in [5.41, 5.74) is 1.50. The average molecular weight is 579 g/mol. The highest BCUT2D eigenvalue weighted by atomic mass is 19.4. The Balaban J connectivity index is 1.72. The van der Waals surface area contributed by atoms with E-state index in [1.165, 1.54) is 12.1 Å². The topological polar surface area (TPSA) is 111 Å². The average Bonchev–Trinajstić information content (AvgIpc) is 2.93. The van der Waals surface area contributed by atoms with Gasteiger partial charge >= 0.3 is 18.4 Å². The van der Waals surface area contributed by atoms with Crippen molar-refractivity contribution in [2.24, 2.45) is 0 Å². The standard InChI is InChI=1S/C29H37F3N4O5/c1-3-35(4-2)23-11-13-24(14-12-23)36(28(40)34-22-9-15-25(16-10-22)41-29(30,31)32)19-20-5-7-21(8-6-20)27(39)33-18-17-26(37)38/h5-10,15-16,23-24H,3-4,11-14,17-19H2,1-2H3,(H,33,39)(H,34,40)(H,37,38). The molecule has 1 saturated carbocycles. The SMILES string of the molecule is CCN(CC)C1CCC(N(Cc2ccc(C(=O)NCCC(=O)O)cc2)C(=O)Nc2ccc(OC(F)(F)F)cc2)CC1. The molecule has 1 aliphatic rings. The van der Waals surface area contributed by atoms with Gasteiger partial charge in [0.15, 0.2) is 0 Å². The summed E-state index contributed by atoms with van der Waals surface area (Å²) in [6, 6.07) is 11.8. The number of rotatable bonds is 12. The number of carboxylic acid groups (broad SMARTS) is 1. The number of carbonyl (C=O) groups excluding carboxylic acids is 2. The van der Waals surface area contributed by atoms with Crippen LogP contribution in [0, 0.1) is 0 Å². The summed E-state index contributed by atoms with van der Waals surface area (Å²) in [6.07, 6.45) is -1.50. The number of urea groups is 1. The lowest BCUT2D eigenvalue weighted by Gasteiger charge is -2.40. The van der Waals surface area contributed by atoms with Gasteiger partial charge in [-0.25, -0.2) is 4.79 Å². The predicted octanol–water partition coefficient (Wildman–Crippen LogP) is 5.48. The summed E-state index contributed by atoms with van der Waals surface area (Å²) in [5.74, 6) is -1.77. The van der Waals surface area contributed by atoms with Crippen LogP contribution in [0.4, 0.5) is 23.7 Å². The van der Waals surface area contributed by atoms with Crippen molar-refractivity contribution >= 4 is 23.6 Å². The monoisotopic (exact) mass is 578 g/mol. The number of nitrogens with zero attached hydrogens (tertiary/aromatic N) is 2. The van der Waals surface area contributed by atoms with E-state index in [0.29, 0.717) is 17.3 Å². The van der Waals surface area contributed by atoms with Gasteiger partial charge in [-0.05, 0) is 80.7 Å². The fourth-order valence-corrected chi connectivity index (χ4v) is 5.12. The molecule has 3 rings (SSSR count). The Hall–Kier alpha value is -3.80. The van der Waals surface area contributed by atoms with E-state index >= 15 is 0 Å². The Bertz CT molecular complexity index is 1150. The number of nitrogens with one attached hydrogen (secondary N) is 2. The molecule has 41 heavy (non-hydrogen) atoms. The lowest BCUT2D eigenvalue weighted by molar-refractivity contribution is -0.274. The zero-order valence-corrected chi connectivity index (χ0v) is 23.2. The molecule has 2 aromatic carbocycles. The Labute approximate surface area is 237 Å². The first-order valence-corrected chi connectivity index (χ1v) is 13.8. The molecule has 0 atom stereocenters. The molecular weight excluding hydrogens is 541 g/mol. The molecular formula is C29H37F3N4O5. The van der Waals surface area contributed by atoms with Crippen LogP contribution in [0.2, 0.25) is 0 Å². The molecule has 12 heteroatoms. The molecule has 0 aliphatic heterocycles. The minimum Gasteiger partial charge on any atom is -0.481 e. The summed E-state index contributed by atoms with van der Waals surface area (Å²) in [6.45, 7) is 6.47. The second kappa shape index (κ2) is 14.7. The summed E-state index contributed by atoms with van der Waals surface area (Å²) >= 11 is 0. The molecule has 224 valence electrons. The van der Waals surface area contributed by atoms with E-state index in [-0.39, 0.29) is 43.2 Å². The zero-order valence-electron chi connectivity index (χ0n) is 23.2. The van der Waals surface area contributed by atoms with Gasteiger partial charge in [0.05, 0.1) is 6.42 Å². The number of carboxylic acids is 1. The van der Waals surface area contributed by atoms with Crippen molar-refractivity contribution in [2.75, 3.05) is 25.0 Å². The summed E-state index contributed by atoms with van der Waals surface area (Å²) in [7, 11) is 0. The molecule has 0 aromatic heterocycles. The number of ether oxygens (including phenoxy) is 1. The van der Waals surface area contributed by atoms with Crippen LogP contribution in [0.25, 0.3) is 0 Å². The zero-order chi connectivity index (χ0) is 30.0. The Morgan fingerprint density at radius 2 is 1.51 bits per heavy atom. The number of benzene rings is 2. The highest BCUT2D eigenvalue weighted by molar-refractivity contribution is 5.94. The number of hydrogen-bond acceptors (Lipinski definition) is 5. The van der Waals surface area contributed by atoms with E-state index in [1.807, 2.05) is 0 Å². The van der Waals surface area contributed by atoms with Crippen molar-refractivity contribution in [3.8, 4) is 5.75 Å². The van der Waals surface area contributed by atoms with E-state index in [9.17, 15) is 27.6 Å². The first-order chi connectivity index (χ1) is 19.5. The molecule has 3 amide bonds. The number of aliphatic carboxylic acids is 1. The largest absolute Gasteiger partial charge is 0.573 e. The number of alkyl halides is 3. The number of hydrogen-bond donors (Lipinski definition) is 3. The molecule has 0 radical (unpaired) electrons. The van der Waals surface area contributed by atoms with E-state index in [0.717, 1.165) is 56.5 Å². The molecule has 1 aliphatic carbocycles. The third-order valence-electron chi connectivity index (χ3n) is 7.23. The van der Waals surface area contributed by atoms with Crippen molar-refractivity contribution in [1.82, 2.24) is 15.1 Å². The highest BCUT2D eigenvalue weighted by Gasteiger charge is 2.32. The van der Waals surface area contributed by atoms with Gasteiger partial charge in [-0.15, -0.1) is 13.2 Å². The molecule has 2 aromatic rings. The number of amides is 3. The normalized spacial score (nSPS) is 17.1. The van der Waals surface area contributed by atoms with Gasteiger partial charge in [0, 0.05) is 36.4 Å². The smallest absolute Gasteiger partial charge is 0.481 e. The van der Waals surface area contributed by atoms with Gasteiger partial charge in [-0.1, -0.05) is 26.0 Å². The molecule has 0 unspecified atom stereocenters. The molecule has 0 heterocycles. The van der Waals surface area contributed by atoms with Crippen LogP contribution in [0.5, 0.6) is 5.75 Å². The Morgan fingerprint density at radius 1 is 0.927 bits per heavy atom. The van der Waals surface area contributed by atoms with Crippen LogP contribution < -0.4 is 15.4 Å². The van der Waals surface area contributed by atoms with Crippen molar-refractivity contribution in [3.05, 3.63) is 59.7 Å². The number of carbonyl (C=O) groups is 3. The van der Waals surface area contributed by atoms with E-state index in [2.05, 4.69) is 34.1 Å². The van der Waals surface area contributed by atoms with Gasteiger partial charge in [0.1, 0.15) is 5.75 Å². The van der Waals surface area contributed by atoms with Crippen LogP contribution in [0.3, 0.4) is 0 Å². The molecule has 0 bridgehead atoms. The quantitative estimate of drug-likeness (QED) is 0.308. The number of anilines is 1. The lowest BCUT2D eigenvalue weighted by Crippen LogP contribution is -2.47. The second-order valence-corrected chi connectivity index (χ2v) is 9.91. The minimum atomic E-state index is -4.81. The fraction of sp³-hybridized carbons (Fsp3) is 0.483. The highest BCUT2D eigenvalue weighted by Crippen LogP contribution is 2.29. The first kappa shape index (κ1) is 31.7. The maximum atomic E-state index is 13.5. The molecule has 0 saturated heterocycles. The third-order valence-corrected chi connectivity index (χ3v) is 7.23. The van der Waals surface area contributed by atoms with Crippen molar-refractivity contribution < 1.29 is 37.4 Å². The van der Waals surface area contributed by atoms with Gasteiger partial charge in [-0.3, -0.25) is 9.59 Å². The number of halogens is 3. The van der Waals surface area contributed by atoms with Crippen molar-refractivity contribution in [1.29, 1.82) is 0 Å². The van der Waals surface area contributed by atoms with Crippen molar-refractivity contribution in [2.45, 2.75) is 70.9 Å².